The van der Waals surface area contributed by atoms with Gasteiger partial charge in [-0.3, -0.25) is 0 Å². The average Bonchev–Trinajstić information content (AvgIpc) is 2.52. The Bertz CT molecular complexity index is 196. The highest BCUT2D eigenvalue weighted by molar-refractivity contribution is 5.17. The van der Waals surface area contributed by atoms with E-state index in [1.54, 1.807) is 24.6 Å². The van der Waals surface area contributed by atoms with E-state index in [0.29, 0.717) is 5.70 Å². The summed E-state index contributed by atoms with van der Waals surface area (Å²) in [7, 11) is 0. The molecule has 0 atom stereocenters. The minimum atomic E-state index is 0.00574. The van der Waals surface area contributed by atoms with Gasteiger partial charge in [0.1, 0.15) is 6.17 Å². The van der Waals surface area contributed by atoms with E-state index < -0.39 is 0 Å². The number of nitrogens with one attached hydrogen (secondary N) is 2. The molecule has 11 heavy (non-hydrogen) atoms. The van der Waals surface area contributed by atoms with E-state index in [1.807, 2.05) is 0 Å². The van der Waals surface area contributed by atoms with Gasteiger partial charge in [-0.2, -0.15) is 0 Å². The number of nitrogens with two attached hydrogens (primary N) is 2. The maximum absolute atomic E-state index is 5.65. The van der Waals surface area contributed by atoms with E-state index in [9.17, 15) is 0 Å². The summed E-state index contributed by atoms with van der Waals surface area (Å²) in [6.45, 7) is 0. The summed E-state index contributed by atoms with van der Waals surface area (Å²) in [5.41, 5.74) is 11.5. The van der Waals surface area contributed by atoms with Crippen molar-refractivity contribution in [3.05, 3.63) is 36.4 Å². The molecule has 0 aliphatic carbocycles. The summed E-state index contributed by atoms with van der Waals surface area (Å²) in [5, 5.41) is 6.01. The fourth-order valence-corrected chi connectivity index (χ4v) is 0.792. The highest BCUT2D eigenvalue weighted by atomic mass is 15.2. The molecule has 0 saturated carbocycles. The first-order valence-corrected chi connectivity index (χ1v) is 3.35. The summed E-state index contributed by atoms with van der Waals surface area (Å²) in [4.78, 5) is 0. The fourth-order valence-electron chi connectivity index (χ4n) is 0.792. The predicted octanol–water partition coefficient (Wildman–Crippen LogP) is -0.708. The Morgan fingerprint density at radius 1 is 1.36 bits per heavy atom. The van der Waals surface area contributed by atoms with Crippen LogP contribution in [0.1, 0.15) is 0 Å². The predicted molar refractivity (Wildman–Crippen MR) is 44.8 cm³/mol. The highest BCUT2D eigenvalue weighted by Crippen LogP contribution is 1.95. The van der Waals surface area contributed by atoms with Gasteiger partial charge in [-0.1, -0.05) is 0 Å². The van der Waals surface area contributed by atoms with Crippen LogP contribution in [0, 0.1) is 0 Å². The molecule has 4 heteroatoms. The number of rotatable bonds is 2. The average molecular weight is 152 g/mol. The van der Waals surface area contributed by atoms with E-state index >= 15 is 0 Å². The second kappa shape index (κ2) is 3.55. The first-order valence-electron chi connectivity index (χ1n) is 3.35. The van der Waals surface area contributed by atoms with Gasteiger partial charge in [-0.05, 0) is 18.4 Å². The molecule has 4 nitrogen and oxygen atoms in total. The van der Waals surface area contributed by atoms with Crippen LogP contribution in [-0.4, -0.2) is 6.17 Å². The van der Waals surface area contributed by atoms with Gasteiger partial charge in [0.15, 0.2) is 0 Å². The molecule has 0 saturated heterocycles. The molecular weight excluding hydrogens is 140 g/mol. The Balaban J connectivity index is 2.46. The van der Waals surface area contributed by atoms with E-state index in [2.05, 4.69) is 10.6 Å². The van der Waals surface area contributed by atoms with Gasteiger partial charge in [0.25, 0.3) is 0 Å². The number of hydrogen-bond acceptors (Lipinski definition) is 4. The Kier molecular flexibility index (Phi) is 2.43. The monoisotopic (exact) mass is 152 g/mol. The molecular formula is C7H12N4. The molecule has 60 valence electrons. The van der Waals surface area contributed by atoms with Gasteiger partial charge in [0.05, 0.1) is 5.70 Å². The molecule has 1 rings (SSSR count). The number of hydrogen-bond donors (Lipinski definition) is 4. The van der Waals surface area contributed by atoms with Gasteiger partial charge < -0.3 is 22.1 Å². The molecule has 0 aromatic carbocycles. The second-order valence-corrected chi connectivity index (χ2v) is 2.15. The zero-order valence-electron chi connectivity index (χ0n) is 6.12. The molecule has 1 heterocycles. The first-order chi connectivity index (χ1) is 5.34. The third-order valence-electron chi connectivity index (χ3n) is 1.34. The van der Waals surface area contributed by atoms with Gasteiger partial charge in [0.2, 0.25) is 0 Å². The standard InChI is InChI=1S/C7H12N4/c8-3-1-2-6(9)7-10-4-5-11-7/h1-5,7,10-11H,8-9H2/b3-1-,6-2-. The molecule has 0 aromatic rings. The number of allylic oxidation sites excluding steroid dienone is 2. The van der Waals surface area contributed by atoms with Crippen LogP contribution in [-0.2, 0) is 0 Å². The SMILES string of the molecule is N/C=C\C=C(/N)C1NC=CN1. The summed E-state index contributed by atoms with van der Waals surface area (Å²) < 4.78 is 0. The zero-order valence-corrected chi connectivity index (χ0v) is 6.12. The lowest BCUT2D eigenvalue weighted by Gasteiger charge is -2.11. The normalized spacial score (nSPS) is 18.7. The molecule has 1 aliphatic heterocycles. The van der Waals surface area contributed by atoms with Crippen LogP contribution in [0.15, 0.2) is 36.4 Å². The van der Waals surface area contributed by atoms with E-state index in [0.717, 1.165) is 0 Å². The molecule has 0 aromatic heterocycles. The zero-order chi connectivity index (χ0) is 8.10. The maximum atomic E-state index is 5.65. The molecule has 0 fully saturated rings. The summed E-state index contributed by atoms with van der Waals surface area (Å²) in [5.74, 6) is 0. The van der Waals surface area contributed by atoms with Gasteiger partial charge in [-0.25, -0.2) is 0 Å². The largest absolute Gasteiger partial charge is 0.405 e. The Hall–Kier alpha value is -1.58. The van der Waals surface area contributed by atoms with Crippen LogP contribution in [0.5, 0.6) is 0 Å². The Morgan fingerprint density at radius 2 is 2.00 bits per heavy atom. The molecule has 0 unspecified atom stereocenters. The second-order valence-electron chi connectivity index (χ2n) is 2.15. The minimum Gasteiger partial charge on any atom is -0.405 e. The highest BCUT2D eigenvalue weighted by Gasteiger charge is 2.08. The smallest absolute Gasteiger partial charge is 0.137 e. The van der Waals surface area contributed by atoms with Crippen molar-refractivity contribution in [2.24, 2.45) is 11.5 Å². The summed E-state index contributed by atoms with van der Waals surface area (Å²) in [6, 6.07) is 0. The van der Waals surface area contributed by atoms with Crippen LogP contribution in [0.2, 0.25) is 0 Å². The van der Waals surface area contributed by atoms with Gasteiger partial charge >= 0.3 is 0 Å². The van der Waals surface area contributed by atoms with E-state index in [-0.39, 0.29) is 6.17 Å². The minimum absolute atomic E-state index is 0.00574. The molecule has 0 radical (unpaired) electrons. The lowest BCUT2D eigenvalue weighted by atomic mass is 10.3. The van der Waals surface area contributed by atoms with E-state index in [4.69, 9.17) is 11.5 Å². The Labute approximate surface area is 65.6 Å². The topological polar surface area (TPSA) is 76.1 Å². The molecule has 1 aliphatic rings. The van der Waals surface area contributed by atoms with Crippen molar-refractivity contribution < 1.29 is 0 Å². The van der Waals surface area contributed by atoms with Crippen LogP contribution in [0.4, 0.5) is 0 Å². The third-order valence-corrected chi connectivity index (χ3v) is 1.34. The van der Waals surface area contributed by atoms with Crippen molar-refractivity contribution in [1.29, 1.82) is 0 Å². The molecule has 0 bridgehead atoms. The Morgan fingerprint density at radius 3 is 2.55 bits per heavy atom. The summed E-state index contributed by atoms with van der Waals surface area (Å²) in [6.07, 6.45) is 8.49. The molecule has 0 amide bonds. The summed E-state index contributed by atoms with van der Waals surface area (Å²) >= 11 is 0. The van der Waals surface area contributed by atoms with E-state index in [1.165, 1.54) is 6.20 Å². The van der Waals surface area contributed by atoms with Crippen molar-refractivity contribution in [1.82, 2.24) is 10.6 Å². The van der Waals surface area contributed by atoms with Crippen LogP contribution >= 0.6 is 0 Å². The van der Waals surface area contributed by atoms with Crippen molar-refractivity contribution in [2.45, 2.75) is 6.17 Å². The third kappa shape index (κ3) is 1.93. The van der Waals surface area contributed by atoms with Crippen molar-refractivity contribution in [3.8, 4) is 0 Å². The van der Waals surface area contributed by atoms with Crippen LogP contribution < -0.4 is 22.1 Å². The lowest BCUT2D eigenvalue weighted by Crippen LogP contribution is -2.36. The van der Waals surface area contributed by atoms with Gasteiger partial charge in [-0.15, -0.1) is 0 Å². The van der Waals surface area contributed by atoms with Gasteiger partial charge in [0, 0.05) is 12.4 Å². The van der Waals surface area contributed by atoms with Crippen LogP contribution in [0.25, 0.3) is 0 Å². The first kappa shape index (κ1) is 7.53. The molecule has 6 N–H and O–H groups in total. The van der Waals surface area contributed by atoms with Crippen molar-refractivity contribution >= 4 is 0 Å². The van der Waals surface area contributed by atoms with Crippen LogP contribution in [0.3, 0.4) is 0 Å². The molecule has 0 spiro atoms. The maximum Gasteiger partial charge on any atom is 0.137 e. The fraction of sp³-hybridized carbons (Fsp3) is 0.143. The quantitative estimate of drug-likeness (QED) is 0.394. The van der Waals surface area contributed by atoms with Crippen molar-refractivity contribution in [3.63, 3.8) is 0 Å². The lowest BCUT2D eigenvalue weighted by molar-refractivity contribution is 0.644. The van der Waals surface area contributed by atoms with Crippen molar-refractivity contribution in [2.75, 3.05) is 0 Å².